The van der Waals surface area contributed by atoms with Gasteiger partial charge in [0.25, 0.3) is 5.91 Å². The third-order valence-corrected chi connectivity index (χ3v) is 5.73. The van der Waals surface area contributed by atoms with E-state index in [1.54, 1.807) is 6.20 Å². The number of benzene rings is 1. The molecule has 2 aliphatic heterocycles. The second-order valence-electron chi connectivity index (χ2n) is 7.75. The Kier molecular flexibility index (Phi) is 5.88. The van der Waals surface area contributed by atoms with Gasteiger partial charge in [0.05, 0.1) is 5.56 Å². The van der Waals surface area contributed by atoms with Gasteiger partial charge in [-0.25, -0.2) is 4.98 Å². The summed E-state index contributed by atoms with van der Waals surface area (Å²) in [5.74, 6) is 1.06. The lowest BCUT2D eigenvalue weighted by molar-refractivity contribution is 0.0663. The molecule has 6 nitrogen and oxygen atoms in total. The van der Waals surface area contributed by atoms with Crippen LogP contribution in [0.15, 0.2) is 48.7 Å². The van der Waals surface area contributed by atoms with Crippen molar-refractivity contribution in [3.63, 3.8) is 0 Å². The van der Waals surface area contributed by atoms with Crippen molar-refractivity contribution >= 4 is 11.7 Å². The largest absolute Gasteiger partial charge is 0.354 e. The lowest BCUT2D eigenvalue weighted by Crippen LogP contribution is -2.47. The number of nitrogens with zero attached hydrogens (tertiary/aromatic N) is 5. The van der Waals surface area contributed by atoms with Gasteiger partial charge in [0.15, 0.2) is 0 Å². The standard InChI is InChI=1S/C22H29N5O/c1-24-9-13-27(14-10-24)22(28)20-7-8-21(23-17-20)26-15-11-25(12-16-26)18-19-5-3-2-4-6-19/h2-8,17H,9-16,18H2,1H3. The Balaban J connectivity index is 1.30. The first kappa shape index (κ1) is 18.9. The van der Waals surface area contributed by atoms with Gasteiger partial charge in [0.2, 0.25) is 0 Å². The van der Waals surface area contributed by atoms with Crippen LogP contribution in [0.4, 0.5) is 5.82 Å². The lowest BCUT2D eigenvalue weighted by Gasteiger charge is -2.35. The minimum Gasteiger partial charge on any atom is -0.354 e. The van der Waals surface area contributed by atoms with Crippen LogP contribution in [0.5, 0.6) is 0 Å². The SMILES string of the molecule is CN1CCN(C(=O)c2ccc(N3CCN(Cc4ccccc4)CC3)nc2)CC1. The highest BCUT2D eigenvalue weighted by Crippen LogP contribution is 2.17. The number of carbonyl (C=O) groups is 1. The van der Waals surface area contributed by atoms with Crippen LogP contribution in [-0.2, 0) is 6.54 Å². The van der Waals surface area contributed by atoms with Crippen LogP contribution in [0.25, 0.3) is 0 Å². The average Bonchev–Trinajstić information content (AvgIpc) is 2.75. The summed E-state index contributed by atoms with van der Waals surface area (Å²) in [6.45, 7) is 8.44. The molecule has 0 N–H and O–H groups in total. The number of aromatic nitrogens is 1. The molecule has 0 radical (unpaired) electrons. The summed E-state index contributed by atoms with van der Waals surface area (Å²) in [4.78, 5) is 26.2. The van der Waals surface area contributed by atoms with Gasteiger partial charge in [0.1, 0.15) is 5.82 Å². The quantitative estimate of drug-likeness (QED) is 0.810. The maximum atomic E-state index is 12.7. The molecule has 2 aromatic rings. The second-order valence-corrected chi connectivity index (χ2v) is 7.75. The maximum Gasteiger partial charge on any atom is 0.255 e. The Morgan fingerprint density at radius 2 is 1.61 bits per heavy atom. The van der Waals surface area contributed by atoms with E-state index in [-0.39, 0.29) is 5.91 Å². The molecule has 28 heavy (non-hydrogen) atoms. The molecule has 148 valence electrons. The Morgan fingerprint density at radius 1 is 0.893 bits per heavy atom. The van der Waals surface area contributed by atoms with Gasteiger partial charge >= 0.3 is 0 Å². The minimum absolute atomic E-state index is 0.0971. The Hall–Kier alpha value is -2.44. The van der Waals surface area contributed by atoms with Crippen molar-refractivity contribution in [3.8, 4) is 0 Å². The number of likely N-dealkylation sites (N-methyl/N-ethyl adjacent to an activating group) is 1. The van der Waals surface area contributed by atoms with Crippen molar-refractivity contribution in [2.75, 3.05) is 64.3 Å². The number of piperazine rings is 2. The van der Waals surface area contributed by atoms with E-state index in [1.165, 1.54) is 5.56 Å². The molecular weight excluding hydrogens is 350 g/mol. The van der Waals surface area contributed by atoms with Crippen molar-refractivity contribution in [1.29, 1.82) is 0 Å². The fraction of sp³-hybridized carbons (Fsp3) is 0.455. The Morgan fingerprint density at radius 3 is 2.25 bits per heavy atom. The zero-order valence-corrected chi connectivity index (χ0v) is 16.6. The molecule has 0 spiro atoms. The van der Waals surface area contributed by atoms with Gasteiger partial charge in [0, 0.05) is 65.1 Å². The van der Waals surface area contributed by atoms with Crippen molar-refractivity contribution < 1.29 is 4.79 Å². The lowest BCUT2D eigenvalue weighted by atomic mass is 10.2. The third-order valence-electron chi connectivity index (χ3n) is 5.73. The fourth-order valence-corrected chi connectivity index (χ4v) is 3.87. The predicted octanol–water partition coefficient (Wildman–Crippen LogP) is 1.79. The zero-order valence-electron chi connectivity index (χ0n) is 16.6. The molecule has 0 bridgehead atoms. The van der Waals surface area contributed by atoms with Crippen LogP contribution in [0.3, 0.4) is 0 Å². The summed E-state index contributed by atoms with van der Waals surface area (Å²) in [6, 6.07) is 14.6. The highest BCUT2D eigenvalue weighted by atomic mass is 16.2. The van der Waals surface area contributed by atoms with Gasteiger partial charge in [-0.3, -0.25) is 9.69 Å². The molecule has 3 heterocycles. The van der Waals surface area contributed by atoms with E-state index in [2.05, 4.69) is 57.1 Å². The van der Waals surface area contributed by atoms with Gasteiger partial charge in [-0.2, -0.15) is 0 Å². The summed E-state index contributed by atoms with van der Waals surface area (Å²) in [5.41, 5.74) is 2.05. The van der Waals surface area contributed by atoms with Gasteiger partial charge in [-0.15, -0.1) is 0 Å². The van der Waals surface area contributed by atoms with Gasteiger partial charge in [-0.1, -0.05) is 30.3 Å². The number of rotatable bonds is 4. The molecule has 0 aliphatic carbocycles. The molecule has 2 fully saturated rings. The first-order valence-corrected chi connectivity index (χ1v) is 10.1. The molecule has 0 saturated carbocycles. The van der Waals surface area contributed by atoms with Crippen LogP contribution >= 0.6 is 0 Å². The maximum absolute atomic E-state index is 12.7. The molecule has 1 amide bonds. The average molecular weight is 380 g/mol. The summed E-state index contributed by atoms with van der Waals surface area (Å²) >= 11 is 0. The van der Waals surface area contributed by atoms with Crippen LogP contribution in [-0.4, -0.2) is 85.0 Å². The summed E-state index contributed by atoms with van der Waals surface area (Å²) in [6.07, 6.45) is 1.74. The van der Waals surface area contributed by atoms with E-state index >= 15 is 0 Å². The zero-order chi connectivity index (χ0) is 19.3. The minimum atomic E-state index is 0.0971. The number of amides is 1. The fourth-order valence-electron chi connectivity index (χ4n) is 3.87. The normalized spacial score (nSPS) is 19.0. The molecule has 6 heteroatoms. The van der Waals surface area contributed by atoms with E-state index in [0.717, 1.165) is 64.7 Å². The van der Waals surface area contributed by atoms with Crippen LogP contribution in [0, 0.1) is 0 Å². The molecule has 1 aromatic carbocycles. The highest BCUT2D eigenvalue weighted by molar-refractivity contribution is 5.94. The monoisotopic (exact) mass is 379 g/mol. The van der Waals surface area contributed by atoms with Crippen LogP contribution in [0.1, 0.15) is 15.9 Å². The molecule has 0 unspecified atom stereocenters. The molecule has 4 rings (SSSR count). The highest BCUT2D eigenvalue weighted by Gasteiger charge is 2.22. The Labute approximate surface area is 167 Å². The van der Waals surface area contributed by atoms with Crippen molar-refractivity contribution in [2.24, 2.45) is 0 Å². The van der Waals surface area contributed by atoms with Crippen molar-refractivity contribution in [2.45, 2.75) is 6.54 Å². The topological polar surface area (TPSA) is 42.9 Å². The van der Waals surface area contributed by atoms with Crippen LogP contribution < -0.4 is 4.90 Å². The van der Waals surface area contributed by atoms with Gasteiger partial charge < -0.3 is 14.7 Å². The molecular formula is C22H29N5O. The van der Waals surface area contributed by atoms with Crippen molar-refractivity contribution in [3.05, 3.63) is 59.8 Å². The van der Waals surface area contributed by atoms with E-state index in [9.17, 15) is 4.79 Å². The van der Waals surface area contributed by atoms with E-state index in [4.69, 9.17) is 0 Å². The molecule has 1 aromatic heterocycles. The number of hydrogen-bond acceptors (Lipinski definition) is 5. The van der Waals surface area contributed by atoms with E-state index in [0.29, 0.717) is 5.56 Å². The number of hydrogen-bond donors (Lipinski definition) is 0. The molecule has 2 aliphatic rings. The number of anilines is 1. The summed E-state index contributed by atoms with van der Waals surface area (Å²) < 4.78 is 0. The number of pyridine rings is 1. The van der Waals surface area contributed by atoms with E-state index < -0.39 is 0 Å². The predicted molar refractivity (Wildman–Crippen MR) is 112 cm³/mol. The summed E-state index contributed by atoms with van der Waals surface area (Å²) in [5, 5.41) is 0. The van der Waals surface area contributed by atoms with Gasteiger partial charge in [-0.05, 0) is 24.7 Å². The third kappa shape index (κ3) is 4.51. The number of carbonyl (C=O) groups excluding carboxylic acids is 1. The van der Waals surface area contributed by atoms with Crippen molar-refractivity contribution in [1.82, 2.24) is 19.7 Å². The first-order chi connectivity index (χ1) is 13.7. The molecule has 2 saturated heterocycles. The molecule has 0 atom stereocenters. The Bertz CT molecular complexity index is 763. The van der Waals surface area contributed by atoms with E-state index in [1.807, 2.05) is 17.0 Å². The summed E-state index contributed by atoms with van der Waals surface area (Å²) in [7, 11) is 2.10. The first-order valence-electron chi connectivity index (χ1n) is 10.1. The second kappa shape index (κ2) is 8.71. The smallest absolute Gasteiger partial charge is 0.255 e. The van der Waals surface area contributed by atoms with Crippen LogP contribution in [0.2, 0.25) is 0 Å².